The van der Waals surface area contributed by atoms with Gasteiger partial charge in [-0.1, -0.05) is 58.0 Å². The Labute approximate surface area is 169 Å². The summed E-state index contributed by atoms with van der Waals surface area (Å²) >= 11 is 0. The number of amides is 1. The zero-order chi connectivity index (χ0) is 19.9. The van der Waals surface area contributed by atoms with Crippen LogP contribution in [0, 0.1) is 29.6 Å². The van der Waals surface area contributed by atoms with Crippen molar-refractivity contribution in [2.75, 3.05) is 13.1 Å². The van der Waals surface area contributed by atoms with Crippen LogP contribution >= 0.6 is 0 Å². The maximum Gasteiger partial charge on any atom is 0.249 e. The fourth-order valence-corrected chi connectivity index (χ4v) is 5.86. The van der Waals surface area contributed by atoms with Crippen molar-refractivity contribution in [2.45, 2.75) is 58.7 Å². The monoisotopic (exact) mass is 381 g/mol. The smallest absolute Gasteiger partial charge is 0.249 e. The topological polar surface area (TPSA) is 44.7 Å². The van der Waals surface area contributed by atoms with E-state index >= 15 is 0 Å². The summed E-state index contributed by atoms with van der Waals surface area (Å²) in [7, 11) is 0. The fraction of sp³-hybridized carbons (Fsp3) is 0.667. The molecule has 4 bridgehead atoms. The molecular formula is C24H35N3O. The van der Waals surface area contributed by atoms with Gasteiger partial charge >= 0.3 is 0 Å². The summed E-state index contributed by atoms with van der Waals surface area (Å²) in [5, 5.41) is 3.25. The Morgan fingerprint density at radius 2 is 1.96 bits per heavy atom. The maximum atomic E-state index is 13.5. The highest BCUT2D eigenvalue weighted by atomic mass is 16.2. The third-order valence-electron chi connectivity index (χ3n) is 6.92. The molecule has 5 unspecified atom stereocenters. The molecule has 1 saturated carbocycles. The number of aliphatic imine (C=N–C) groups is 1. The highest BCUT2D eigenvalue weighted by Crippen LogP contribution is 2.55. The predicted octanol–water partition coefficient (Wildman–Crippen LogP) is 3.76. The van der Waals surface area contributed by atoms with E-state index in [4.69, 9.17) is 4.99 Å². The predicted molar refractivity (Wildman–Crippen MR) is 114 cm³/mol. The van der Waals surface area contributed by atoms with Gasteiger partial charge in [0.2, 0.25) is 5.91 Å². The highest BCUT2D eigenvalue weighted by Gasteiger charge is 2.67. The molecule has 3 heterocycles. The normalized spacial score (nSPS) is 33.8. The van der Waals surface area contributed by atoms with E-state index < -0.39 is 5.54 Å². The van der Waals surface area contributed by atoms with Crippen LogP contribution in [-0.4, -0.2) is 41.7 Å². The van der Waals surface area contributed by atoms with Gasteiger partial charge in [-0.3, -0.25) is 14.7 Å². The molecule has 2 fully saturated rings. The lowest BCUT2D eigenvalue weighted by atomic mass is 9.59. The fourth-order valence-electron chi connectivity index (χ4n) is 5.86. The van der Waals surface area contributed by atoms with Crippen LogP contribution in [-0.2, 0) is 11.3 Å². The summed E-state index contributed by atoms with van der Waals surface area (Å²) in [4.78, 5) is 21.1. The van der Waals surface area contributed by atoms with Gasteiger partial charge in [-0.25, -0.2) is 0 Å². The molecule has 5 atom stereocenters. The van der Waals surface area contributed by atoms with Gasteiger partial charge in [0.1, 0.15) is 0 Å². The minimum atomic E-state index is -0.585. The molecule has 3 aliphatic heterocycles. The first-order chi connectivity index (χ1) is 13.4. The van der Waals surface area contributed by atoms with Crippen LogP contribution in [0.5, 0.6) is 0 Å². The van der Waals surface area contributed by atoms with Crippen molar-refractivity contribution in [2.24, 2.45) is 34.6 Å². The van der Waals surface area contributed by atoms with Gasteiger partial charge < -0.3 is 5.32 Å². The molecular weight excluding hydrogens is 346 g/mol. The van der Waals surface area contributed by atoms with E-state index in [1.807, 2.05) is 0 Å². The molecule has 28 heavy (non-hydrogen) atoms. The zero-order valence-electron chi connectivity index (χ0n) is 17.8. The van der Waals surface area contributed by atoms with Crippen molar-refractivity contribution in [1.82, 2.24) is 10.2 Å². The molecule has 1 saturated heterocycles. The first kappa shape index (κ1) is 19.6. The Hall–Kier alpha value is -1.68. The summed E-state index contributed by atoms with van der Waals surface area (Å²) in [6, 6.07) is 10.9. The van der Waals surface area contributed by atoms with Crippen molar-refractivity contribution in [3.63, 3.8) is 0 Å². The van der Waals surface area contributed by atoms with Crippen molar-refractivity contribution in [3.05, 3.63) is 35.9 Å². The molecule has 1 aliphatic carbocycles. The zero-order valence-corrected chi connectivity index (χ0v) is 17.8. The van der Waals surface area contributed by atoms with Crippen molar-refractivity contribution in [3.8, 4) is 0 Å². The van der Waals surface area contributed by atoms with Crippen LogP contribution in [0.2, 0.25) is 0 Å². The standard InChI is InChI=1S/C24H35N3O/c1-16(2)10-21-19-11-20-15-27(14-18-8-6-5-7-9-18)22(21)24(20,26-13-19)23(28)25-12-17(3)4/h5-9,13,16-17,19-22H,10-12,14-15H2,1-4H3,(H,25,28). The number of nitrogens with one attached hydrogen (secondary N) is 1. The van der Waals surface area contributed by atoms with Gasteiger partial charge in [0.05, 0.1) is 0 Å². The Morgan fingerprint density at radius 3 is 2.64 bits per heavy atom. The molecule has 152 valence electrons. The molecule has 1 aromatic carbocycles. The molecule has 0 radical (unpaired) electrons. The van der Waals surface area contributed by atoms with Gasteiger partial charge in [-0.15, -0.1) is 0 Å². The third kappa shape index (κ3) is 3.30. The maximum absolute atomic E-state index is 13.5. The van der Waals surface area contributed by atoms with Crippen molar-refractivity contribution < 1.29 is 4.79 Å². The van der Waals surface area contributed by atoms with E-state index in [0.717, 1.165) is 26.1 Å². The number of hydrogen-bond acceptors (Lipinski definition) is 3. The number of rotatable bonds is 7. The van der Waals surface area contributed by atoms with Gasteiger partial charge in [-0.05, 0) is 42.1 Å². The van der Waals surface area contributed by atoms with Crippen LogP contribution in [0.3, 0.4) is 0 Å². The van der Waals surface area contributed by atoms with E-state index in [1.165, 1.54) is 12.0 Å². The molecule has 0 spiro atoms. The van der Waals surface area contributed by atoms with E-state index in [2.05, 4.69) is 74.5 Å². The lowest BCUT2D eigenvalue weighted by Crippen LogP contribution is -2.66. The second kappa shape index (κ2) is 7.62. The highest BCUT2D eigenvalue weighted by molar-refractivity contribution is 5.92. The lowest BCUT2D eigenvalue weighted by Gasteiger charge is -2.51. The first-order valence-electron chi connectivity index (χ1n) is 11.0. The summed E-state index contributed by atoms with van der Waals surface area (Å²) in [6.07, 6.45) is 4.41. The van der Waals surface area contributed by atoms with E-state index in [9.17, 15) is 4.79 Å². The summed E-state index contributed by atoms with van der Waals surface area (Å²) < 4.78 is 0. The number of likely N-dealkylation sites (tertiary alicyclic amines) is 1. The Kier molecular flexibility index (Phi) is 5.34. The summed E-state index contributed by atoms with van der Waals surface area (Å²) in [5.74, 6) is 2.63. The van der Waals surface area contributed by atoms with Crippen molar-refractivity contribution >= 4 is 12.1 Å². The number of carbonyl (C=O) groups is 1. The van der Waals surface area contributed by atoms with Crippen LogP contribution in [0.4, 0.5) is 0 Å². The molecule has 0 aromatic heterocycles. The molecule has 4 aliphatic rings. The molecule has 1 amide bonds. The second-order valence-electron chi connectivity index (χ2n) is 9.96. The van der Waals surface area contributed by atoms with Gasteiger partial charge in [0, 0.05) is 37.8 Å². The number of hydrogen-bond donors (Lipinski definition) is 1. The van der Waals surface area contributed by atoms with E-state index in [-0.39, 0.29) is 11.9 Å². The number of benzene rings is 1. The van der Waals surface area contributed by atoms with Crippen molar-refractivity contribution in [1.29, 1.82) is 0 Å². The Morgan fingerprint density at radius 1 is 1.21 bits per heavy atom. The van der Waals surface area contributed by atoms with Gasteiger partial charge in [0.15, 0.2) is 5.54 Å². The number of nitrogens with zero attached hydrogens (tertiary/aromatic N) is 2. The minimum absolute atomic E-state index is 0.162. The van der Waals surface area contributed by atoms with Crippen LogP contribution < -0.4 is 5.32 Å². The molecule has 1 N–H and O–H groups in total. The summed E-state index contributed by atoms with van der Waals surface area (Å²) in [5.41, 5.74) is 0.744. The lowest BCUT2D eigenvalue weighted by molar-refractivity contribution is -0.132. The quantitative estimate of drug-likeness (QED) is 0.781. The van der Waals surface area contributed by atoms with Gasteiger partial charge in [-0.2, -0.15) is 0 Å². The average Bonchev–Trinajstić information content (AvgIpc) is 2.92. The Balaban J connectivity index is 1.67. The molecule has 4 heteroatoms. The van der Waals surface area contributed by atoms with E-state index in [1.54, 1.807) is 0 Å². The first-order valence-corrected chi connectivity index (χ1v) is 11.0. The molecule has 1 aromatic rings. The van der Waals surface area contributed by atoms with E-state index in [0.29, 0.717) is 29.6 Å². The van der Waals surface area contributed by atoms with Gasteiger partial charge in [0.25, 0.3) is 0 Å². The number of carbonyl (C=O) groups excluding carboxylic acids is 1. The van der Waals surface area contributed by atoms with Crippen LogP contribution in [0.25, 0.3) is 0 Å². The second-order valence-corrected chi connectivity index (χ2v) is 9.96. The third-order valence-corrected chi connectivity index (χ3v) is 6.92. The largest absolute Gasteiger partial charge is 0.354 e. The SMILES string of the molecule is CC(C)CNC(=O)C12N=CC3CC1CN(Cc1ccccc1)C2C3CC(C)C. The molecule has 4 nitrogen and oxygen atoms in total. The van der Waals surface area contributed by atoms with Crippen LogP contribution in [0.15, 0.2) is 35.3 Å². The minimum Gasteiger partial charge on any atom is -0.354 e. The van der Waals surface area contributed by atoms with Crippen LogP contribution in [0.1, 0.15) is 46.1 Å². The average molecular weight is 382 g/mol. The summed E-state index contributed by atoms with van der Waals surface area (Å²) in [6.45, 7) is 11.5. The Bertz CT molecular complexity index is 729. The molecule has 5 rings (SSSR count).